The molecule has 0 aliphatic heterocycles. The molecule has 0 saturated carbocycles. The van der Waals surface area contributed by atoms with Gasteiger partial charge in [0.05, 0.1) is 6.04 Å². The summed E-state index contributed by atoms with van der Waals surface area (Å²) in [5.74, 6) is 1.09. The first-order valence-corrected chi connectivity index (χ1v) is 8.36. The normalized spacial score (nSPS) is 12.4. The first kappa shape index (κ1) is 16.0. The summed E-state index contributed by atoms with van der Waals surface area (Å²) in [4.78, 5) is 8.47. The number of nitrogens with zero attached hydrogens (tertiary/aromatic N) is 2. The van der Waals surface area contributed by atoms with Gasteiger partial charge in [-0.3, -0.25) is 0 Å². The minimum Gasteiger partial charge on any atom is -0.352 e. The van der Waals surface area contributed by atoms with Crippen LogP contribution in [0.15, 0.2) is 23.6 Å². The highest BCUT2D eigenvalue weighted by Gasteiger charge is 2.19. The van der Waals surface area contributed by atoms with E-state index < -0.39 is 0 Å². The van der Waals surface area contributed by atoms with Crippen LogP contribution in [0.2, 0.25) is 0 Å². The fourth-order valence-corrected chi connectivity index (χ4v) is 3.33. The fraction of sp³-hybridized carbons (Fsp3) is 0.471. The number of rotatable bonds is 6. The average molecular weight is 303 g/mol. The maximum Gasteiger partial charge on any atom is 0.133 e. The average Bonchev–Trinajstić information content (AvgIpc) is 2.98. The topological polar surface area (TPSA) is 28.2 Å². The van der Waals surface area contributed by atoms with Crippen molar-refractivity contribution >= 4 is 17.2 Å². The number of anilines is 1. The molecule has 0 aliphatic rings. The molecule has 0 aliphatic carbocycles. The summed E-state index contributed by atoms with van der Waals surface area (Å²) in [7, 11) is 2.14. The summed E-state index contributed by atoms with van der Waals surface area (Å²) < 4.78 is 0. The molecular formula is C17H25N3S. The van der Waals surface area contributed by atoms with Crippen molar-refractivity contribution in [2.45, 2.75) is 40.3 Å². The minimum absolute atomic E-state index is 0.332. The molecule has 21 heavy (non-hydrogen) atoms. The molecule has 2 aromatic heterocycles. The number of thiophene rings is 1. The van der Waals surface area contributed by atoms with Crippen molar-refractivity contribution < 1.29 is 0 Å². The van der Waals surface area contributed by atoms with Gasteiger partial charge in [-0.15, -0.1) is 11.3 Å². The summed E-state index contributed by atoms with van der Waals surface area (Å²) in [6.45, 7) is 10.5. The third kappa shape index (κ3) is 3.63. The Morgan fingerprint density at radius 2 is 2.14 bits per heavy atom. The van der Waals surface area contributed by atoms with E-state index in [2.05, 4.69) is 68.5 Å². The molecule has 1 atom stereocenters. The highest BCUT2D eigenvalue weighted by molar-refractivity contribution is 7.10. The van der Waals surface area contributed by atoms with E-state index in [1.165, 1.54) is 16.0 Å². The van der Waals surface area contributed by atoms with Crippen molar-refractivity contribution in [3.63, 3.8) is 0 Å². The monoisotopic (exact) mass is 303 g/mol. The number of aryl methyl sites for hydroxylation is 2. The van der Waals surface area contributed by atoms with Gasteiger partial charge in [0.15, 0.2) is 0 Å². The molecule has 1 N–H and O–H groups in total. The molecule has 114 valence electrons. The number of hydrogen-bond acceptors (Lipinski definition) is 4. The van der Waals surface area contributed by atoms with Gasteiger partial charge in [-0.05, 0) is 50.4 Å². The minimum atomic E-state index is 0.332. The van der Waals surface area contributed by atoms with E-state index in [1.54, 1.807) is 11.3 Å². The van der Waals surface area contributed by atoms with Crippen molar-refractivity contribution in [3.05, 3.63) is 45.3 Å². The molecule has 0 bridgehead atoms. The van der Waals surface area contributed by atoms with E-state index >= 15 is 0 Å². The zero-order valence-electron chi connectivity index (χ0n) is 13.6. The zero-order chi connectivity index (χ0) is 15.4. The largest absolute Gasteiger partial charge is 0.352 e. The van der Waals surface area contributed by atoms with E-state index in [9.17, 15) is 0 Å². The van der Waals surface area contributed by atoms with Crippen molar-refractivity contribution in [2.24, 2.45) is 0 Å². The fourth-order valence-electron chi connectivity index (χ4n) is 2.51. The molecule has 1 unspecified atom stereocenters. The second-order valence-corrected chi connectivity index (χ2v) is 6.44. The van der Waals surface area contributed by atoms with Gasteiger partial charge in [0.1, 0.15) is 5.82 Å². The third-order valence-electron chi connectivity index (χ3n) is 3.88. The van der Waals surface area contributed by atoms with Crippen LogP contribution >= 0.6 is 11.3 Å². The smallest absolute Gasteiger partial charge is 0.133 e. The Hall–Kier alpha value is -1.39. The second kappa shape index (κ2) is 7.05. The first-order valence-electron chi connectivity index (χ1n) is 7.48. The van der Waals surface area contributed by atoms with Crippen LogP contribution in [0.25, 0.3) is 0 Å². The molecule has 0 fully saturated rings. The van der Waals surface area contributed by atoms with Crippen molar-refractivity contribution in [1.82, 2.24) is 10.3 Å². The summed E-state index contributed by atoms with van der Waals surface area (Å²) in [6, 6.07) is 6.80. The lowest BCUT2D eigenvalue weighted by atomic mass is 10.1. The lowest BCUT2D eigenvalue weighted by Gasteiger charge is -2.28. The maximum atomic E-state index is 4.81. The number of nitrogens with one attached hydrogen (secondary N) is 1. The van der Waals surface area contributed by atoms with E-state index in [-0.39, 0.29) is 0 Å². The summed E-state index contributed by atoms with van der Waals surface area (Å²) >= 11 is 1.80. The van der Waals surface area contributed by atoms with Gasteiger partial charge in [-0.1, -0.05) is 13.0 Å². The Morgan fingerprint density at radius 3 is 2.76 bits per heavy atom. The Balaban J connectivity index is 2.36. The molecular weight excluding hydrogens is 278 g/mol. The Morgan fingerprint density at radius 1 is 1.38 bits per heavy atom. The van der Waals surface area contributed by atoms with E-state index in [0.717, 1.165) is 24.6 Å². The van der Waals surface area contributed by atoms with Crippen molar-refractivity contribution in [1.29, 1.82) is 0 Å². The van der Waals surface area contributed by atoms with Crippen molar-refractivity contribution in [3.8, 4) is 0 Å². The van der Waals surface area contributed by atoms with Crippen molar-refractivity contribution in [2.75, 3.05) is 18.5 Å². The Bertz CT molecular complexity index is 578. The van der Waals surface area contributed by atoms with Gasteiger partial charge in [-0.25, -0.2) is 4.98 Å². The van der Waals surface area contributed by atoms with Crippen LogP contribution in [0.5, 0.6) is 0 Å². The third-order valence-corrected chi connectivity index (χ3v) is 4.92. The molecule has 0 amide bonds. The molecule has 0 aromatic carbocycles. The predicted molar refractivity (Wildman–Crippen MR) is 92.2 cm³/mol. The van der Waals surface area contributed by atoms with Crippen LogP contribution in [-0.2, 0) is 6.54 Å². The maximum absolute atomic E-state index is 4.81. The molecule has 4 heteroatoms. The van der Waals surface area contributed by atoms with Crippen LogP contribution < -0.4 is 10.2 Å². The summed E-state index contributed by atoms with van der Waals surface area (Å²) in [6.07, 6.45) is 0. The van der Waals surface area contributed by atoms with Crippen LogP contribution in [0, 0.1) is 13.8 Å². The highest BCUT2D eigenvalue weighted by Crippen LogP contribution is 2.30. The second-order valence-electron chi connectivity index (χ2n) is 5.47. The quantitative estimate of drug-likeness (QED) is 0.872. The lowest BCUT2D eigenvalue weighted by molar-refractivity contribution is 0.695. The van der Waals surface area contributed by atoms with Crippen LogP contribution in [0.1, 0.15) is 41.6 Å². The first-order chi connectivity index (χ1) is 10.0. The molecule has 0 spiro atoms. The molecule has 3 nitrogen and oxygen atoms in total. The van der Waals surface area contributed by atoms with Gasteiger partial charge >= 0.3 is 0 Å². The van der Waals surface area contributed by atoms with Gasteiger partial charge in [0.25, 0.3) is 0 Å². The predicted octanol–water partition coefficient (Wildman–Crippen LogP) is 4.07. The van der Waals surface area contributed by atoms with Crippen LogP contribution in [0.3, 0.4) is 0 Å². The van der Waals surface area contributed by atoms with Gasteiger partial charge in [0, 0.05) is 29.7 Å². The van der Waals surface area contributed by atoms with Crippen LogP contribution in [0.4, 0.5) is 5.82 Å². The number of hydrogen-bond donors (Lipinski definition) is 1. The van der Waals surface area contributed by atoms with Gasteiger partial charge < -0.3 is 10.2 Å². The SMILES string of the molecule is CCNCc1c(C)cc(C)nc1N(C)C(C)c1cccs1. The van der Waals surface area contributed by atoms with Gasteiger partial charge in [-0.2, -0.15) is 0 Å². The van der Waals surface area contributed by atoms with E-state index in [1.807, 2.05) is 0 Å². The zero-order valence-corrected chi connectivity index (χ0v) is 14.4. The summed E-state index contributed by atoms with van der Waals surface area (Å²) in [5.41, 5.74) is 3.69. The molecule has 0 radical (unpaired) electrons. The Kier molecular flexibility index (Phi) is 5.37. The standard InChI is InChI=1S/C17H25N3S/c1-6-18-11-15-12(2)10-13(3)19-17(15)20(5)14(4)16-8-7-9-21-16/h7-10,14,18H,6,11H2,1-5H3. The van der Waals surface area contributed by atoms with E-state index in [4.69, 9.17) is 4.98 Å². The number of pyridine rings is 1. The molecule has 2 aromatic rings. The lowest BCUT2D eigenvalue weighted by Crippen LogP contribution is -2.25. The molecule has 2 heterocycles. The summed E-state index contributed by atoms with van der Waals surface area (Å²) in [5, 5.41) is 5.56. The molecule has 0 saturated heterocycles. The highest BCUT2D eigenvalue weighted by atomic mass is 32.1. The number of aromatic nitrogens is 1. The van der Waals surface area contributed by atoms with Gasteiger partial charge in [0.2, 0.25) is 0 Å². The Labute approximate surface area is 132 Å². The molecule has 2 rings (SSSR count). The van der Waals surface area contributed by atoms with Crippen LogP contribution in [-0.4, -0.2) is 18.6 Å². The van der Waals surface area contributed by atoms with E-state index in [0.29, 0.717) is 6.04 Å².